The summed E-state index contributed by atoms with van der Waals surface area (Å²) in [5.41, 5.74) is 0.722. The maximum atomic E-state index is 14.6. The molecular formula is C47H54ClF3N2O6. The van der Waals surface area contributed by atoms with Crippen molar-refractivity contribution in [3.8, 4) is 11.3 Å². The Morgan fingerprint density at radius 1 is 1.05 bits per heavy atom. The molecule has 3 aliphatic carbocycles. The van der Waals surface area contributed by atoms with E-state index in [1.807, 2.05) is 63.2 Å². The molecule has 2 bridgehead atoms. The predicted octanol–water partition coefficient (Wildman–Crippen LogP) is 10.7. The lowest BCUT2D eigenvalue weighted by molar-refractivity contribution is -0.137. The summed E-state index contributed by atoms with van der Waals surface area (Å²) >= 11 is 6.34. The number of carbonyl (C=O) groups is 2. The number of ketones is 1. The van der Waals surface area contributed by atoms with E-state index in [4.69, 9.17) is 20.8 Å². The number of hydrogen-bond donors (Lipinski definition) is 3. The summed E-state index contributed by atoms with van der Waals surface area (Å²) in [6, 6.07) is 20.5. The molecule has 3 aromatic carbocycles. The fourth-order valence-corrected chi connectivity index (χ4v) is 9.10. The third-order valence-electron chi connectivity index (χ3n) is 12.5. The number of ether oxygens (including phenoxy) is 1. The van der Waals surface area contributed by atoms with E-state index in [1.54, 1.807) is 18.1 Å². The van der Waals surface area contributed by atoms with Crippen molar-refractivity contribution in [3.63, 3.8) is 0 Å². The van der Waals surface area contributed by atoms with Gasteiger partial charge in [-0.25, -0.2) is 4.79 Å². The summed E-state index contributed by atoms with van der Waals surface area (Å²) in [7, 11) is 1.61. The first kappa shape index (κ1) is 44.1. The molecule has 1 aromatic heterocycles. The van der Waals surface area contributed by atoms with Gasteiger partial charge in [0.05, 0.1) is 34.9 Å². The summed E-state index contributed by atoms with van der Waals surface area (Å²) in [5, 5.41) is 27.2. The van der Waals surface area contributed by atoms with Gasteiger partial charge in [0.25, 0.3) is 0 Å². The highest BCUT2D eigenvalue weighted by Crippen LogP contribution is 2.59. The van der Waals surface area contributed by atoms with Gasteiger partial charge in [0.1, 0.15) is 5.76 Å². The van der Waals surface area contributed by atoms with Crippen LogP contribution in [0.4, 0.5) is 18.0 Å². The Morgan fingerprint density at radius 3 is 2.54 bits per heavy atom. The van der Waals surface area contributed by atoms with Crippen molar-refractivity contribution in [2.75, 3.05) is 26.8 Å². The second-order valence-corrected chi connectivity index (χ2v) is 16.9. The normalized spacial score (nSPS) is 22.9. The van der Waals surface area contributed by atoms with E-state index >= 15 is 0 Å². The molecule has 59 heavy (non-hydrogen) atoms. The average Bonchev–Trinajstić information content (AvgIpc) is 3.79. The predicted molar refractivity (Wildman–Crippen MR) is 222 cm³/mol. The Bertz CT molecular complexity index is 2140. The Balaban J connectivity index is 1.39. The molecule has 1 fully saturated rings. The zero-order valence-corrected chi connectivity index (χ0v) is 34.8. The van der Waals surface area contributed by atoms with Gasteiger partial charge in [-0.05, 0) is 124 Å². The van der Waals surface area contributed by atoms with Crippen molar-refractivity contribution in [2.45, 2.75) is 102 Å². The number of aliphatic hydroxyl groups excluding tert-OH is 1. The van der Waals surface area contributed by atoms with E-state index in [0.29, 0.717) is 75.6 Å². The van der Waals surface area contributed by atoms with Gasteiger partial charge in [0.2, 0.25) is 5.78 Å². The largest absolute Gasteiger partial charge is 0.453 e. The molecule has 1 heterocycles. The number of alkyl halides is 3. The van der Waals surface area contributed by atoms with Gasteiger partial charge in [0, 0.05) is 36.8 Å². The molecule has 3 aliphatic rings. The quantitative estimate of drug-likeness (QED) is 0.0788. The molecule has 7 rings (SSSR count). The van der Waals surface area contributed by atoms with Crippen molar-refractivity contribution in [1.29, 1.82) is 0 Å². The van der Waals surface area contributed by atoms with Crippen LogP contribution in [0.5, 0.6) is 0 Å². The second kappa shape index (κ2) is 18.5. The highest BCUT2D eigenvalue weighted by Gasteiger charge is 2.57. The van der Waals surface area contributed by atoms with Crippen LogP contribution in [0, 0.1) is 5.41 Å². The van der Waals surface area contributed by atoms with E-state index < -0.39 is 34.6 Å². The molecule has 12 heteroatoms. The van der Waals surface area contributed by atoms with Crippen LogP contribution in [-0.4, -0.2) is 65.4 Å². The highest BCUT2D eigenvalue weighted by atomic mass is 35.5. The number of fused-ring (bicyclic) bond motifs is 8. The number of nitrogens with zero attached hydrogens (tertiary/aromatic N) is 1. The topological polar surface area (TPSA) is 112 Å². The maximum Gasteiger partial charge on any atom is 0.416 e. The minimum Gasteiger partial charge on any atom is -0.453 e. The van der Waals surface area contributed by atoms with Gasteiger partial charge in [-0.2, -0.15) is 13.2 Å². The smallest absolute Gasteiger partial charge is 0.416 e. The number of halogens is 4. The number of amides is 2. The third-order valence-corrected chi connectivity index (χ3v) is 12.8. The number of methoxy groups -OCH3 is 1. The number of aliphatic hydroxyl groups is 2. The fraction of sp³-hybridized carbons (Fsp3) is 0.447. The summed E-state index contributed by atoms with van der Waals surface area (Å²) in [6.07, 6.45) is 0.966. The van der Waals surface area contributed by atoms with Gasteiger partial charge < -0.3 is 29.6 Å². The highest BCUT2D eigenvalue weighted by molar-refractivity contribution is 6.33. The van der Waals surface area contributed by atoms with Crippen LogP contribution < -0.4 is 5.32 Å². The number of allylic oxidation sites excluding steroid dienone is 2. The lowest BCUT2D eigenvalue weighted by atomic mass is 9.64. The monoisotopic (exact) mass is 834 g/mol. The first-order valence-electron chi connectivity index (χ1n) is 20.3. The van der Waals surface area contributed by atoms with Gasteiger partial charge in [-0.3, -0.25) is 4.79 Å². The number of benzene rings is 3. The van der Waals surface area contributed by atoms with Crippen molar-refractivity contribution in [1.82, 2.24) is 10.2 Å². The number of urea groups is 1. The first-order chi connectivity index (χ1) is 28.0. The number of rotatable bonds is 11. The van der Waals surface area contributed by atoms with E-state index in [0.717, 1.165) is 34.9 Å². The van der Waals surface area contributed by atoms with E-state index in [2.05, 4.69) is 11.4 Å². The third kappa shape index (κ3) is 9.97. The number of carbonyl (C=O) groups excluding carboxylic acids is 2. The fourth-order valence-electron chi connectivity index (χ4n) is 8.89. The number of furan rings is 1. The maximum absolute atomic E-state index is 14.6. The molecule has 316 valence electrons. The van der Waals surface area contributed by atoms with E-state index in [-0.39, 0.29) is 46.6 Å². The van der Waals surface area contributed by atoms with Crippen molar-refractivity contribution in [3.05, 3.63) is 129 Å². The SMILES string of the molecule is COCCCN(CC1(O)CCC2c3ccc(cc3C(=O)c3ccc(-c4cc(C(F)(F)F)ccc4Cl)o3)CC(O)CCC(C)=CCCC21C)C(=O)NC(C)c1ccccc1. The molecule has 5 atom stereocenters. The Labute approximate surface area is 349 Å². The molecule has 1 saturated carbocycles. The van der Waals surface area contributed by atoms with Gasteiger partial charge in [-0.15, -0.1) is 0 Å². The van der Waals surface area contributed by atoms with Gasteiger partial charge >= 0.3 is 12.2 Å². The summed E-state index contributed by atoms with van der Waals surface area (Å²) < 4.78 is 52.2. The summed E-state index contributed by atoms with van der Waals surface area (Å²) in [6.45, 7) is 6.84. The Morgan fingerprint density at radius 2 is 1.81 bits per heavy atom. The zero-order valence-electron chi connectivity index (χ0n) is 34.1. The van der Waals surface area contributed by atoms with Crippen LogP contribution >= 0.6 is 11.6 Å². The van der Waals surface area contributed by atoms with Gasteiger partial charge in [-0.1, -0.05) is 72.6 Å². The zero-order chi connectivity index (χ0) is 42.5. The molecule has 0 spiro atoms. The van der Waals surface area contributed by atoms with E-state index in [1.165, 1.54) is 12.1 Å². The van der Waals surface area contributed by atoms with Crippen molar-refractivity contribution >= 4 is 23.4 Å². The number of nitrogens with one attached hydrogen (secondary N) is 1. The minimum atomic E-state index is -4.61. The number of hydrogen-bond acceptors (Lipinski definition) is 6. The molecule has 0 radical (unpaired) electrons. The average molecular weight is 835 g/mol. The second-order valence-electron chi connectivity index (χ2n) is 16.5. The standard InChI is InChI=1S/C47H54ClF3N2O6/c1-30-10-8-22-45(3)39(21-23-46(45,57)29-53(24-9-25-58-4)44(56)52-31(2)33-11-6-5-7-12-33)36-17-14-32(26-35(54)16-13-30)27-37(36)43(55)42-20-19-41(59-42)38-28-34(47(49,50)51)15-18-40(38)48/h5-7,10-12,14-15,17-20,27-28,31,35,39,54,57H,8-9,13,16,21-26,29H2,1-4H3,(H,52,56). The molecule has 8 nitrogen and oxygen atoms in total. The van der Waals surface area contributed by atoms with Crippen molar-refractivity contribution in [2.24, 2.45) is 5.41 Å². The molecule has 4 aromatic rings. The first-order valence-corrected chi connectivity index (χ1v) is 20.7. The summed E-state index contributed by atoms with van der Waals surface area (Å²) in [5.74, 6) is -0.908. The molecule has 0 aliphatic heterocycles. The Kier molecular flexibility index (Phi) is 13.8. The molecule has 5 unspecified atom stereocenters. The lowest BCUT2D eigenvalue weighted by Gasteiger charge is -2.46. The summed E-state index contributed by atoms with van der Waals surface area (Å²) in [4.78, 5) is 30.4. The van der Waals surface area contributed by atoms with E-state index in [9.17, 15) is 33.0 Å². The lowest BCUT2D eigenvalue weighted by Crippen LogP contribution is -2.55. The molecule has 3 N–H and O–H groups in total. The van der Waals surface area contributed by atoms with Crippen LogP contribution in [0.15, 0.2) is 94.9 Å². The minimum absolute atomic E-state index is 0.00104. The Hall–Kier alpha value is -4.42. The molecular weight excluding hydrogens is 781 g/mol. The van der Waals surface area contributed by atoms with Crippen LogP contribution in [0.3, 0.4) is 0 Å². The van der Waals surface area contributed by atoms with Crippen LogP contribution in [0.25, 0.3) is 11.3 Å². The molecule has 2 amide bonds. The van der Waals surface area contributed by atoms with Crippen LogP contribution in [-0.2, 0) is 17.3 Å². The molecule has 0 saturated heterocycles. The van der Waals surface area contributed by atoms with Crippen LogP contribution in [0.1, 0.15) is 116 Å². The van der Waals surface area contributed by atoms with Crippen molar-refractivity contribution < 1.29 is 42.1 Å². The van der Waals surface area contributed by atoms with Crippen LogP contribution in [0.2, 0.25) is 5.02 Å². The van der Waals surface area contributed by atoms with Gasteiger partial charge in [0.15, 0.2) is 5.76 Å².